The number of carbonyl (C=O) groups excluding carboxylic acids is 2. The van der Waals surface area contributed by atoms with Gasteiger partial charge < -0.3 is 24.4 Å². The summed E-state index contributed by atoms with van der Waals surface area (Å²) in [5.74, 6) is 0.0921. The van der Waals surface area contributed by atoms with Crippen molar-refractivity contribution in [2.45, 2.75) is 103 Å². The largest absolute Gasteiger partial charge is 0.444 e. The zero-order valence-corrected chi connectivity index (χ0v) is 26.8. The number of fused-ring (bicyclic) bond motifs is 1. The highest BCUT2D eigenvalue weighted by atomic mass is 127. The number of ether oxygens (including phenoxy) is 2. The fourth-order valence-corrected chi connectivity index (χ4v) is 5.94. The van der Waals surface area contributed by atoms with Crippen molar-refractivity contribution in [3.8, 4) is 0 Å². The van der Waals surface area contributed by atoms with Crippen LogP contribution in [-0.4, -0.2) is 85.3 Å². The Morgan fingerprint density at radius 2 is 1.70 bits per heavy atom. The van der Waals surface area contributed by atoms with Crippen molar-refractivity contribution in [3.63, 3.8) is 0 Å². The van der Waals surface area contributed by atoms with Crippen LogP contribution in [0.4, 0.5) is 9.59 Å². The Labute approximate surface area is 250 Å². The minimum Gasteiger partial charge on any atom is -0.444 e. The lowest BCUT2D eigenvalue weighted by Gasteiger charge is -2.36. The van der Waals surface area contributed by atoms with Crippen LogP contribution in [0.25, 0.3) is 11.0 Å². The molecule has 2 aliphatic heterocycles. The SMILES string of the molecule is CC(CCc1ccc2c(I)nn(C3CCCN(C(=O)OC(C)(C)C)C3)c2n1)C(C)(C)OC(=O)N1CCCC(O)C1. The summed E-state index contributed by atoms with van der Waals surface area (Å²) in [4.78, 5) is 33.9. The zero-order chi connectivity index (χ0) is 29.2. The molecule has 4 heterocycles. The van der Waals surface area contributed by atoms with Crippen LogP contribution in [0, 0.1) is 9.62 Å². The molecule has 4 rings (SSSR count). The summed E-state index contributed by atoms with van der Waals surface area (Å²) >= 11 is 2.25. The van der Waals surface area contributed by atoms with E-state index in [1.807, 2.05) is 45.4 Å². The quantitative estimate of drug-likeness (QED) is 0.402. The molecule has 2 fully saturated rings. The van der Waals surface area contributed by atoms with Gasteiger partial charge in [-0.05, 0) is 114 Å². The van der Waals surface area contributed by atoms with E-state index in [0.717, 1.165) is 59.0 Å². The number of carbonyl (C=O) groups is 2. The number of aromatic nitrogens is 3. The third-order valence-electron chi connectivity index (χ3n) is 7.99. The molecule has 10 nitrogen and oxygen atoms in total. The van der Waals surface area contributed by atoms with Crippen LogP contribution in [-0.2, 0) is 15.9 Å². The fraction of sp³-hybridized carbons (Fsp3) is 0.724. The maximum absolute atomic E-state index is 12.7. The molecular weight excluding hydrogens is 625 g/mol. The third-order valence-corrected chi connectivity index (χ3v) is 8.78. The van der Waals surface area contributed by atoms with Crippen molar-refractivity contribution in [2.75, 3.05) is 26.2 Å². The maximum Gasteiger partial charge on any atom is 0.410 e. The molecule has 0 aromatic carbocycles. The highest BCUT2D eigenvalue weighted by molar-refractivity contribution is 14.1. The first-order chi connectivity index (χ1) is 18.7. The Hall–Kier alpha value is -2.15. The van der Waals surface area contributed by atoms with Crippen molar-refractivity contribution >= 4 is 45.8 Å². The predicted octanol–water partition coefficient (Wildman–Crippen LogP) is 5.55. The van der Waals surface area contributed by atoms with Crippen LogP contribution in [0.2, 0.25) is 0 Å². The van der Waals surface area contributed by atoms with E-state index in [4.69, 9.17) is 19.6 Å². The average molecular weight is 670 g/mol. The van der Waals surface area contributed by atoms with Gasteiger partial charge in [-0.1, -0.05) is 6.92 Å². The summed E-state index contributed by atoms with van der Waals surface area (Å²) < 4.78 is 14.4. The Morgan fingerprint density at radius 1 is 1.05 bits per heavy atom. The third kappa shape index (κ3) is 7.57. The molecule has 2 aromatic rings. The normalized spacial score (nSPS) is 21.4. The Bertz CT molecular complexity index is 1210. The second-order valence-electron chi connectivity index (χ2n) is 12.8. The van der Waals surface area contributed by atoms with E-state index in [-0.39, 0.29) is 24.1 Å². The molecule has 0 spiro atoms. The molecule has 40 heavy (non-hydrogen) atoms. The molecule has 0 aliphatic carbocycles. The second kappa shape index (κ2) is 12.4. The zero-order valence-electron chi connectivity index (χ0n) is 24.7. The molecule has 2 amide bonds. The van der Waals surface area contributed by atoms with Crippen LogP contribution >= 0.6 is 22.6 Å². The van der Waals surface area contributed by atoms with E-state index in [1.54, 1.807) is 9.80 Å². The van der Waals surface area contributed by atoms with Crippen molar-refractivity contribution < 1.29 is 24.2 Å². The van der Waals surface area contributed by atoms with Crippen LogP contribution in [0.3, 0.4) is 0 Å². The summed E-state index contributed by atoms with van der Waals surface area (Å²) in [5.41, 5.74) is 0.598. The number of aryl methyl sites for hydroxylation is 1. The summed E-state index contributed by atoms with van der Waals surface area (Å²) in [7, 11) is 0. The van der Waals surface area contributed by atoms with Crippen molar-refractivity contribution in [3.05, 3.63) is 21.5 Å². The van der Waals surface area contributed by atoms with Gasteiger partial charge in [-0.2, -0.15) is 5.10 Å². The van der Waals surface area contributed by atoms with Gasteiger partial charge in [0.25, 0.3) is 0 Å². The number of rotatable bonds is 6. The molecule has 1 N–H and O–H groups in total. The minimum absolute atomic E-state index is 0.0283. The summed E-state index contributed by atoms with van der Waals surface area (Å²) in [6, 6.07) is 4.15. The summed E-state index contributed by atoms with van der Waals surface area (Å²) in [6.07, 6.45) is 3.71. The van der Waals surface area contributed by atoms with E-state index in [1.165, 1.54) is 0 Å². The Balaban J connectivity index is 1.42. The topological polar surface area (TPSA) is 110 Å². The van der Waals surface area contributed by atoms with E-state index in [9.17, 15) is 14.7 Å². The molecule has 0 radical (unpaired) electrons. The number of amides is 2. The van der Waals surface area contributed by atoms with Gasteiger partial charge in [0, 0.05) is 31.9 Å². The second-order valence-corrected chi connectivity index (χ2v) is 13.8. The van der Waals surface area contributed by atoms with Crippen LogP contribution in [0.15, 0.2) is 12.1 Å². The molecule has 2 saturated heterocycles. The average Bonchev–Trinajstić information content (AvgIpc) is 3.21. The van der Waals surface area contributed by atoms with Gasteiger partial charge in [0.05, 0.1) is 17.5 Å². The van der Waals surface area contributed by atoms with Gasteiger partial charge in [-0.15, -0.1) is 0 Å². The summed E-state index contributed by atoms with van der Waals surface area (Å²) in [6.45, 7) is 13.8. The Kier molecular flexibility index (Phi) is 9.53. The molecule has 11 heteroatoms. The number of piperidine rings is 2. The van der Waals surface area contributed by atoms with Gasteiger partial charge in [-0.3, -0.25) is 0 Å². The van der Waals surface area contributed by atoms with Gasteiger partial charge >= 0.3 is 12.2 Å². The highest BCUT2D eigenvalue weighted by Gasteiger charge is 2.34. The van der Waals surface area contributed by atoms with E-state index < -0.39 is 17.3 Å². The van der Waals surface area contributed by atoms with Crippen LogP contribution in [0.5, 0.6) is 0 Å². The number of β-amino-alcohol motifs (C(OH)–C–C–N with tert-alkyl or cyclic N) is 1. The first kappa shape index (κ1) is 30.8. The number of halogens is 1. The van der Waals surface area contributed by atoms with Crippen molar-refractivity contribution in [2.24, 2.45) is 5.92 Å². The molecular formula is C29H44IN5O5. The minimum atomic E-state index is -0.659. The number of pyridine rings is 1. The predicted molar refractivity (Wildman–Crippen MR) is 161 cm³/mol. The maximum atomic E-state index is 12.7. The van der Waals surface area contributed by atoms with Gasteiger partial charge in [0.15, 0.2) is 5.65 Å². The molecule has 222 valence electrons. The summed E-state index contributed by atoms with van der Waals surface area (Å²) in [5, 5.41) is 15.7. The standard InChI is InChI=1S/C29H44IN5O5/c1-19(29(5,6)40-27(38)34-16-8-10-22(36)18-34)11-12-20-13-14-23-24(30)32-35(25(23)31-20)21-9-7-15-33(17-21)26(37)39-28(2,3)4/h13-14,19,21-22,36H,7-12,15-18H2,1-6H3. The smallest absolute Gasteiger partial charge is 0.410 e. The molecule has 3 unspecified atom stereocenters. The number of aliphatic hydroxyl groups is 1. The number of hydrogen-bond acceptors (Lipinski definition) is 7. The molecule has 2 aromatic heterocycles. The van der Waals surface area contributed by atoms with Crippen LogP contribution in [0.1, 0.15) is 85.4 Å². The molecule has 0 bridgehead atoms. The number of nitrogens with zero attached hydrogens (tertiary/aromatic N) is 5. The Morgan fingerprint density at radius 3 is 2.38 bits per heavy atom. The lowest BCUT2D eigenvalue weighted by molar-refractivity contribution is -0.0324. The van der Waals surface area contributed by atoms with Gasteiger partial charge in [-0.25, -0.2) is 19.3 Å². The van der Waals surface area contributed by atoms with E-state index in [0.29, 0.717) is 26.2 Å². The molecule has 2 aliphatic rings. The van der Waals surface area contributed by atoms with Crippen molar-refractivity contribution in [1.82, 2.24) is 24.6 Å². The fourth-order valence-electron chi connectivity index (χ4n) is 5.28. The van der Waals surface area contributed by atoms with Gasteiger partial charge in [0.2, 0.25) is 0 Å². The molecule has 3 atom stereocenters. The lowest BCUT2D eigenvalue weighted by Crippen LogP contribution is -2.46. The number of aliphatic hydroxyl groups excluding tert-OH is 1. The van der Waals surface area contributed by atoms with Crippen molar-refractivity contribution in [1.29, 1.82) is 0 Å². The number of hydrogen-bond donors (Lipinski definition) is 1. The number of likely N-dealkylation sites (tertiary alicyclic amines) is 2. The van der Waals surface area contributed by atoms with Crippen LogP contribution < -0.4 is 0 Å². The molecule has 0 saturated carbocycles. The highest BCUT2D eigenvalue weighted by Crippen LogP contribution is 2.30. The van der Waals surface area contributed by atoms with Gasteiger partial charge in [0.1, 0.15) is 14.9 Å². The first-order valence-corrected chi connectivity index (χ1v) is 15.5. The lowest BCUT2D eigenvalue weighted by atomic mass is 9.88. The monoisotopic (exact) mass is 669 g/mol. The van der Waals surface area contributed by atoms with E-state index in [2.05, 4.69) is 35.6 Å². The first-order valence-electron chi connectivity index (χ1n) is 14.4. The van der Waals surface area contributed by atoms with E-state index >= 15 is 0 Å².